The molecule has 2 aromatic rings. The number of nitrogens with zero attached hydrogens (tertiary/aromatic N) is 3. The van der Waals surface area contributed by atoms with Crippen molar-refractivity contribution in [3.8, 4) is 0 Å². The summed E-state index contributed by atoms with van der Waals surface area (Å²) in [4.78, 5) is 17.3. The van der Waals surface area contributed by atoms with Gasteiger partial charge in [0, 0.05) is 45.0 Å². The van der Waals surface area contributed by atoms with Crippen LogP contribution >= 0.6 is 0 Å². The van der Waals surface area contributed by atoms with Gasteiger partial charge in [0.25, 0.3) is 0 Å². The highest BCUT2D eigenvalue weighted by atomic mass is 32.2. The molecule has 4 rings (SSSR count). The van der Waals surface area contributed by atoms with Gasteiger partial charge in [-0.1, -0.05) is 48.5 Å². The molecule has 0 aromatic heterocycles. The summed E-state index contributed by atoms with van der Waals surface area (Å²) >= 11 is 0. The maximum absolute atomic E-state index is 13.1. The highest BCUT2D eigenvalue weighted by Gasteiger charge is 2.35. The van der Waals surface area contributed by atoms with Crippen LogP contribution in [0.3, 0.4) is 0 Å². The van der Waals surface area contributed by atoms with Crippen LogP contribution in [0.1, 0.15) is 18.4 Å². The minimum Gasteiger partial charge on any atom is -0.368 e. The Labute approximate surface area is 179 Å². The molecule has 0 spiro atoms. The Bertz CT molecular complexity index is 942. The summed E-state index contributed by atoms with van der Waals surface area (Å²) in [6.45, 7) is 3.77. The molecular weight excluding hydrogens is 398 g/mol. The average Bonchev–Trinajstić information content (AvgIpc) is 2.80. The molecule has 6 nitrogen and oxygen atoms in total. The molecule has 2 heterocycles. The number of hydrogen-bond acceptors (Lipinski definition) is 4. The van der Waals surface area contributed by atoms with Crippen LogP contribution in [-0.2, 0) is 20.6 Å². The summed E-state index contributed by atoms with van der Waals surface area (Å²) in [5.74, 6) is -0.153. The summed E-state index contributed by atoms with van der Waals surface area (Å²) < 4.78 is 27.3. The van der Waals surface area contributed by atoms with Crippen LogP contribution in [0.4, 0.5) is 5.69 Å². The molecule has 2 saturated heterocycles. The van der Waals surface area contributed by atoms with Crippen molar-refractivity contribution >= 4 is 21.6 Å². The highest BCUT2D eigenvalue weighted by molar-refractivity contribution is 7.88. The minimum atomic E-state index is -3.42. The zero-order valence-electron chi connectivity index (χ0n) is 17.2. The Morgan fingerprint density at radius 2 is 1.50 bits per heavy atom. The van der Waals surface area contributed by atoms with E-state index in [1.54, 1.807) is 0 Å². The summed E-state index contributed by atoms with van der Waals surface area (Å²) in [5, 5.41) is 0. The summed E-state index contributed by atoms with van der Waals surface area (Å²) in [5.41, 5.74) is 1.96. The normalized spacial score (nSPS) is 20.9. The van der Waals surface area contributed by atoms with Crippen molar-refractivity contribution in [1.29, 1.82) is 0 Å². The van der Waals surface area contributed by atoms with E-state index >= 15 is 0 Å². The van der Waals surface area contributed by atoms with E-state index in [4.69, 9.17) is 0 Å². The second-order valence-electron chi connectivity index (χ2n) is 8.09. The molecule has 2 aromatic carbocycles. The fourth-order valence-corrected chi connectivity index (χ4v) is 5.97. The number of amides is 1. The molecule has 2 fully saturated rings. The van der Waals surface area contributed by atoms with Crippen LogP contribution in [0.5, 0.6) is 0 Å². The molecule has 2 aliphatic rings. The van der Waals surface area contributed by atoms with Gasteiger partial charge < -0.3 is 9.80 Å². The summed E-state index contributed by atoms with van der Waals surface area (Å²) in [7, 11) is -3.42. The standard InChI is InChI=1S/C23H29N3O3S/c27-23(25-16-14-24(15-17-25)22-11-5-2-6-12-22)21-10-7-13-26(18-21)30(28,29)19-20-8-3-1-4-9-20/h1-6,8-9,11-12,21H,7,10,13-19H2. The van der Waals surface area contributed by atoms with Crippen molar-refractivity contribution in [2.24, 2.45) is 5.92 Å². The zero-order valence-corrected chi connectivity index (χ0v) is 18.0. The monoisotopic (exact) mass is 427 g/mol. The van der Waals surface area contributed by atoms with Gasteiger partial charge in [-0.2, -0.15) is 0 Å². The van der Waals surface area contributed by atoms with Crippen LogP contribution < -0.4 is 4.90 Å². The van der Waals surface area contributed by atoms with E-state index in [-0.39, 0.29) is 17.6 Å². The molecule has 0 radical (unpaired) electrons. The third-order valence-corrected chi connectivity index (χ3v) is 7.85. The number of piperidine rings is 1. The lowest BCUT2D eigenvalue weighted by Crippen LogP contribution is -2.53. The van der Waals surface area contributed by atoms with Crippen LogP contribution in [0.15, 0.2) is 60.7 Å². The zero-order chi connectivity index (χ0) is 21.0. The van der Waals surface area contributed by atoms with Gasteiger partial charge in [0.15, 0.2) is 0 Å². The number of carbonyl (C=O) groups is 1. The number of sulfonamides is 1. The Kier molecular flexibility index (Phi) is 6.39. The van der Waals surface area contributed by atoms with Gasteiger partial charge in [0.2, 0.25) is 15.9 Å². The van der Waals surface area contributed by atoms with Crippen LogP contribution in [0.2, 0.25) is 0 Å². The maximum atomic E-state index is 13.1. The lowest BCUT2D eigenvalue weighted by molar-refractivity contribution is -0.137. The van der Waals surface area contributed by atoms with Gasteiger partial charge in [0.05, 0.1) is 11.7 Å². The maximum Gasteiger partial charge on any atom is 0.227 e. The molecule has 1 unspecified atom stereocenters. The van der Waals surface area contributed by atoms with Gasteiger partial charge in [-0.15, -0.1) is 0 Å². The van der Waals surface area contributed by atoms with Crippen LogP contribution in [0, 0.1) is 5.92 Å². The lowest BCUT2D eigenvalue weighted by Gasteiger charge is -2.39. The first-order valence-corrected chi connectivity index (χ1v) is 12.2. The van der Waals surface area contributed by atoms with E-state index in [1.807, 2.05) is 53.4 Å². The number of hydrogen-bond donors (Lipinski definition) is 0. The van der Waals surface area contributed by atoms with Crippen molar-refractivity contribution in [3.63, 3.8) is 0 Å². The largest absolute Gasteiger partial charge is 0.368 e. The first-order valence-electron chi connectivity index (χ1n) is 10.6. The van der Waals surface area contributed by atoms with E-state index in [0.717, 1.165) is 31.5 Å². The number of benzene rings is 2. The van der Waals surface area contributed by atoms with Crippen molar-refractivity contribution in [3.05, 3.63) is 66.2 Å². The molecule has 0 aliphatic carbocycles. The number of anilines is 1. The predicted octanol–water partition coefficient (Wildman–Crippen LogP) is 2.58. The van der Waals surface area contributed by atoms with Gasteiger partial charge in [-0.25, -0.2) is 12.7 Å². The lowest BCUT2D eigenvalue weighted by atomic mass is 9.97. The van der Waals surface area contributed by atoms with E-state index in [0.29, 0.717) is 26.2 Å². The van der Waals surface area contributed by atoms with Crippen molar-refractivity contribution in [2.75, 3.05) is 44.2 Å². The molecule has 0 saturated carbocycles. The van der Waals surface area contributed by atoms with E-state index in [9.17, 15) is 13.2 Å². The third-order valence-electron chi connectivity index (χ3n) is 6.03. The molecular formula is C23H29N3O3S. The van der Waals surface area contributed by atoms with Gasteiger partial charge in [0.1, 0.15) is 0 Å². The van der Waals surface area contributed by atoms with E-state index in [2.05, 4.69) is 17.0 Å². The van der Waals surface area contributed by atoms with Crippen molar-refractivity contribution < 1.29 is 13.2 Å². The van der Waals surface area contributed by atoms with Crippen LogP contribution in [-0.4, -0.2) is 62.8 Å². The topological polar surface area (TPSA) is 60.9 Å². The molecule has 7 heteroatoms. The quantitative estimate of drug-likeness (QED) is 0.736. The number of piperazine rings is 1. The van der Waals surface area contributed by atoms with Crippen LogP contribution in [0.25, 0.3) is 0 Å². The van der Waals surface area contributed by atoms with Gasteiger partial charge in [-0.3, -0.25) is 4.79 Å². The summed E-state index contributed by atoms with van der Waals surface area (Å²) in [6.07, 6.45) is 1.49. The first-order chi connectivity index (χ1) is 14.5. The second kappa shape index (κ2) is 9.18. The van der Waals surface area contributed by atoms with E-state index in [1.165, 1.54) is 9.99 Å². The Morgan fingerprint density at radius 3 is 2.17 bits per heavy atom. The molecule has 1 amide bonds. The number of carbonyl (C=O) groups excluding carboxylic acids is 1. The van der Waals surface area contributed by atoms with Crippen molar-refractivity contribution in [2.45, 2.75) is 18.6 Å². The highest BCUT2D eigenvalue weighted by Crippen LogP contribution is 2.24. The molecule has 2 aliphatic heterocycles. The average molecular weight is 428 g/mol. The summed E-state index contributed by atoms with van der Waals surface area (Å²) in [6, 6.07) is 19.5. The van der Waals surface area contributed by atoms with Gasteiger partial charge >= 0.3 is 0 Å². The molecule has 30 heavy (non-hydrogen) atoms. The minimum absolute atomic E-state index is 0.00942. The fraction of sp³-hybridized carbons (Fsp3) is 0.435. The molecule has 160 valence electrons. The molecule has 1 atom stereocenters. The number of para-hydroxylation sites is 1. The fourth-order valence-electron chi connectivity index (χ4n) is 4.35. The van der Waals surface area contributed by atoms with Crippen molar-refractivity contribution in [1.82, 2.24) is 9.21 Å². The Morgan fingerprint density at radius 1 is 0.867 bits per heavy atom. The van der Waals surface area contributed by atoms with E-state index < -0.39 is 10.0 Å². The van der Waals surface area contributed by atoms with Gasteiger partial charge in [-0.05, 0) is 30.5 Å². The SMILES string of the molecule is O=C(C1CCCN(S(=O)(=O)Cc2ccccc2)C1)N1CCN(c2ccccc2)CC1. The third kappa shape index (κ3) is 4.84. The molecule has 0 bridgehead atoms. The Balaban J connectivity index is 1.35. The second-order valence-corrected chi connectivity index (χ2v) is 10.1. The number of rotatable bonds is 5. The smallest absolute Gasteiger partial charge is 0.227 e. The Hall–Kier alpha value is -2.38. The first kappa shape index (κ1) is 20.9. The predicted molar refractivity (Wildman–Crippen MR) is 119 cm³/mol. The molecule has 0 N–H and O–H groups in total.